The molecule has 0 unspecified atom stereocenters. The van der Waals surface area contributed by atoms with E-state index in [1.165, 1.54) is 0 Å². The number of carbonyl (C=O) groups excluding carboxylic acids is 1. The van der Waals surface area contributed by atoms with Gasteiger partial charge in [-0.2, -0.15) is 5.10 Å². The van der Waals surface area contributed by atoms with E-state index in [9.17, 15) is 4.79 Å². The van der Waals surface area contributed by atoms with Gasteiger partial charge in [0.05, 0.1) is 25.4 Å². The van der Waals surface area contributed by atoms with Crippen LogP contribution in [0.1, 0.15) is 17.0 Å². The molecule has 1 aromatic heterocycles. The minimum atomic E-state index is -0.0543. The molecule has 2 rings (SSSR count). The molecule has 0 saturated heterocycles. The van der Waals surface area contributed by atoms with Crippen LogP contribution in [-0.2, 0) is 22.6 Å². The minimum absolute atomic E-state index is 0.0543. The fourth-order valence-corrected chi connectivity index (χ4v) is 2.65. The van der Waals surface area contributed by atoms with Crippen molar-refractivity contribution in [2.75, 3.05) is 25.6 Å². The van der Waals surface area contributed by atoms with E-state index in [1.807, 2.05) is 42.8 Å². The number of ether oxygens (including phenoxy) is 1. The van der Waals surface area contributed by atoms with E-state index in [1.54, 1.807) is 7.11 Å². The molecule has 0 atom stereocenters. The summed E-state index contributed by atoms with van der Waals surface area (Å²) in [6.07, 6.45) is 0. The van der Waals surface area contributed by atoms with Crippen LogP contribution in [0, 0.1) is 13.8 Å². The van der Waals surface area contributed by atoms with Crippen molar-refractivity contribution in [2.24, 2.45) is 0 Å². The van der Waals surface area contributed by atoms with Crippen LogP contribution < -0.4 is 10.6 Å². The Morgan fingerprint density at radius 2 is 2.00 bits per heavy atom. The van der Waals surface area contributed by atoms with Crippen molar-refractivity contribution in [3.8, 4) is 0 Å². The smallest absolute Gasteiger partial charge is 0.239 e. The van der Waals surface area contributed by atoms with Crippen LogP contribution in [0.4, 0.5) is 5.69 Å². The zero-order valence-corrected chi connectivity index (χ0v) is 15.8. The van der Waals surface area contributed by atoms with Gasteiger partial charge in [-0.15, -0.1) is 0 Å². The molecule has 0 aliphatic rings. The van der Waals surface area contributed by atoms with Crippen molar-refractivity contribution in [3.05, 3.63) is 45.7 Å². The molecule has 2 aromatic rings. The first-order valence-electron chi connectivity index (χ1n) is 7.79. The normalized spacial score (nSPS) is 10.7. The summed E-state index contributed by atoms with van der Waals surface area (Å²) in [5.74, 6) is -0.0543. The van der Waals surface area contributed by atoms with Crippen molar-refractivity contribution < 1.29 is 9.53 Å². The Morgan fingerprint density at radius 3 is 2.67 bits per heavy atom. The SMILES string of the molecule is COCCn1nc(C)c(CNC(=O)CNc2ccc(Br)cc2)c1C. The van der Waals surface area contributed by atoms with E-state index >= 15 is 0 Å². The van der Waals surface area contributed by atoms with E-state index in [4.69, 9.17) is 4.74 Å². The van der Waals surface area contributed by atoms with E-state index in [0.717, 1.165) is 27.1 Å². The van der Waals surface area contributed by atoms with Crippen LogP contribution >= 0.6 is 15.9 Å². The van der Waals surface area contributed by atoms with Gasteiger partial charge in [0.15, 0.2) is 0 Å². The number of nitrogens with one attached hydrogen (secondary N) is 2. The van der Waals surface area contributed by atoms with Crippen molar-refractivity contribution in [1.82, 2.24) is 15.1 Å². The Morgan fingerprint density at radius 1 is 1.29 bits per heavy atom. The van der Waals surface area contributed by atoms with E-state index in [2.05, 4.69) is 31.7 Å². The predicted molar refractivity (Wildman–Crippen MR) is 98.1 cm³/mol. The Hall–Kier alpha value is -1.86. The van der Waals surface area contributed by atoms with E-state index < -0.39 is 0 Å². The highest BCUT2D eigenvalue weighted by Gasteiger charge is 2.12. The van der Waals surface area contributed by atoms with Crippen molar-refractivity contribution in [1.29, 1.82) is 0 Å². The third kappa shape index (κ3) is 5.07. The first kappa shape index (κ1) is 18.5. The van der Waals surface area contributed by atoms with Gasteiger partial charge in [0.1, 0.15) is 0 Å². The van der Waals surface area contributed by atoms with Crippen LogP contribution in [0.15, 0.2) is 28.7 Å². The Labute approximate surface area is 150 Å². The molecule has 0 spiro atoms. The number of halogens is 1. The fourth-order valence-electron chi connectivity index (χ4n) is 2.38. The Kier molecular flexibility index (Phi) is 6.81. The second-order valence-corrected chi connectivity index (χ2v) is 6.42. The lowest BCUT2D eigenvalue weighted by molar-refractivity contribution is -0.119. The lowest BCUT2D eigenvalue weighted by atomic mass is 10.2. The van der Waals surface area contributed by atoms with Crippen LogP contribution in [-0.4, -0.2) is 35.9 Å². The summed E-state index contributed by atoms with van der Waals surface area (Å²) in [4.78, 5) is 12.0. The average molecular weight is 395 g/mol. The molecule has 0 aliphatic heterocycles. The van der Waals surface area contributed by atoms with Crippen LogP contribution in [0.25, 0.3) is 0 Å². The monoisotopic (exact) mass is 394 g/mol. The van der Waals surface area contributed by atoms with Crippen molar-refractivity contribution in [2.45, 2.75) is 26.9 Å². The van der Waals surface area contributed by atoms with Gasteiger partial charge in [-0.05, 0) is 38.1 Å². The second kappa shape index (κ2) is 8.84. The maximum absolute atomic E-state index is 12.0. The molecule has 0 aliphatic carbocycles. The number of anilines is 1. The van der Waals surface area contributed by atoms with Gasteiger partial charge in [-0.1, -0.05) is 15.9 Å². The highest BCUT2D eigenvalue weighted by atomic mass is 79.9. The zero-order chi connectivity index (χ0) is 17.5. The molecule has 0 saturated carbocycles. The molecule has 0 bridgehead atoms. The molecule has 0 fully saturated rings. The van der Waals surface area contributed by atoms with Gasteiger partial charge in [-0.25, -0.2) is 0 Å². The fraction of sp³-hybridized carbons (Fsp3) is 0.412. The minimum Gasteiger partial charge on any atom is -0.383 e. The van der Waals surface area contributed by atoms with Gasteiger partial charge >= 0.3 is 0 Å². The molecule has 130 valence electrons. The number of hydrogen-bond donors (Lipinski definition) is 2. The van der Waals surface area contributed by atoms with Crippen molar-refractivity contribution in [3.63, 3.8) is 0 Å². The summed E-state index contributed by atoms with van der Waals surface area (Å²) in [7, 11) is 1.67. The molecule has 7 heteroatoms. The van der Waals surface area contributed by atoms with Gasteiger partial charge in [0.2, 0.25) is 5.91 Å². The van der Waals surface area contributed by atoms with Gasteiger partial charge in [-0.3, -0.25) is 9.48 Å². The molecule has 1 aromatic carbocycles. The number of aromatic nitrogens is 2. The van der Waals surface area contributed by atoms with Gasteiger partial charge < -0.3 is 15.4 Å². The third-order valence-corrected chi connectivity index (χ3v) is 4.33. The molecule has 1 heterocycles. The number of hydrogen-bond acceptors (Lipinski definition) is 4. The Bertz CT molecular complexity index is 683. The lowest BCUT2D eigenvalue weighted by Gasteiger charge is -2.09. The number of rotatable bonds is 8. The Balaban J connectivity index is 1.85. The molecule has 0 radical (unpaired) electrons. The summed E-state index contributed by atoms with van der Waals surface area (Å²) in [5.41, 5.74) is 3.96. The molecule has 2 N–H and O–H groups in total. The average Bonchev–Trinajstić information content (AvgIpc) is 2.84. The van der Waals surface area contributed by atoms with Gasteiger partial charge in [0.25, 0.3) is 0 Å². The second-order valence-electron chi connectivity index (χ2n) is 5.50. The molecular weight excluding hydrogens is 372 g/mol. The summed E-state index contributed by atoms with van der Waals surface area (Å²) in [5, 5.41) is 10.5. The first-order chi connectivity index (χ1) is 11.5. The molecule has 24 heavy (non-hydrogen) atoms. The summed E-state index contributed by atoms with van der Waals surface area (Å²) >= 11 is 3.38. The largest absolute Gasteiger partial charge is 0.383 e. The lowest BCUT2D eigenvalue weighted by Crippen LogP contribution is -2.29. The first-order valence-corrected chi connectivity index (χ1v) is 8.58. The van der Waals surface area contributed by atoms with E-state index in [0.29, 0.717) is 19.7 Å². The summed E-state index contributed by atoms with van der Waals surface area (Å²) in [6, 6.07) is 7.71. The quantitative estimate of drug-likeness (QED) is 0.721. The predicted octanol–water partition coefficient (Wildman–Crippen LogP) is 2.64. The molecule has 1 amide bonds. The highest BCUT2D eigenvalue weighted by molar-refractivity contribution is 9.10. The third-order valence-electron chi connectivity index (χ3n) is 3.80. The number of nitrogens with zero attached hydrogens (tertiary/aromatic N) is 2. The summed E-state index contributed by atoms with van der Waals surface area (Å²) < 4.78 is 8.01. The highest BCUT2D eigenvalue weighted by Crippen LogP contribution is 2.14. The number of amides is 1. The van der Waals surface area contributed by atoms with Crippen molar-refractivity contribution >= 4 is 27.5 Å². The standard InChI is InChI=1S/C17H23BrN4O2/c1-12-16(13(2)22(21-12)8-9-24-3)10-20-17(23)11-19-15-6-4-14(18)5-7-15/h4-7,19H,8-11H2,1-3H3,(H,20,23). The molecule has 6 nitrogen and oxygen atoms in total. The number of benzene rings is 1. The van der Waals surface area contributed by atoms with Crippen LogP contribution in [0.5, 0.6) is 0 Å². The number of carbonyl (C=O) groups is 1. The van der Waals surface area contributed by atoms with Crippen LogP contribution in [0.2, 0.25) is 0 Å². The maximum atomic E-state index is 12.0. The van der Waals surface area contributed by atoms with Crippen LogP contribution in [0.3, 0.4) is 0 Å². The number of aryl methyl sites for hydroxylation is 1. The maximum Gasteiger partial charge on any atom is 0.239 e. The number of methoxy groups -OCH3 is 1. The molecular formula is C17H23BrN4O2. The van der Waals surface area contributed by atoms with Gasteiger partial charge in [0, 0.05) is 35.1 Å². The van der Waals surface area contributed by atoms with E-state index in [-0.39, 0.29) is 12.5 Å². The summed E-state index contributed by atoms with van der Waals surface area (Å²) in [6.45, 7) is 6.01. The zero-order valence-electron chi connectivity index (χ0n) is 14.2. The topological polar surface area (TPSA) is 68.2 Å².